The van der Waals surface area contributed by atoms with Gasteiger partial charge in [0.05, 0.1) is 30.9 Å². The van der Waals surface area contributed by atoms with Gasteiger partial charge in [0.25, 0.3) is 11.8 Å². The summed E-state index contributed by atoms with van der Waals surface area (Å²) in [6, 6.07) is 9.30. The van der Waals surface area contributed by atoms with Gasteiger partial charge in [-0.3, -0.25) is 9.59 Å². The fraction of sp³-hybridized carbons (Fsp3) is 0.278. The number of thiophene rings is 1. The van der Waals surface area contributed by atoms with Crippen molar-refractivity contribution in [2.75, 3.05) is 32.8 Å². The molecule has 3 rings (SSSR count). The van der Waals surface area contributed by atoms with Crippen molar-refractivity contribution in [2.24, 2.45) is 5.10 Å². The van der Waals surface area contributed by atoms with Crippen molar-refractivity contribution in [2.45, 2.75) is 4.90 Å². The van der Waals surface area contributed by atoms with Crippen LogP contribution in [0.25, 0.3) is 0 Å². The Morgan fingerprint density at radius 1 is 1.17 bits per heavy atom. The predicted molar refractivity (Wildman–Crippen MR) is 108 cm³/mol. The van der Waals surface area contributed by atoms with Crippen LogP contribution < -0.4 is 10.7 Å². The van der Waals surface area contributed by atoms with E-state index in [0.29, 0.717) is 26.3 Å². The minimum Gasteiger partial charge on any atom is -0.379 e. The zero-order valence-corrected chi connectivity index (χ0v) is 17.0. The highest BCUT2D eigenvalue weighted by molar-refractivity contribution is 7.89. The molecule has 1 fully saturated rings. The molecule has 0 unspecified atom stereocenters. The molecule has 154 valence electrons. The van der Waals surface area contributed by atoms with E-state index in [1.807, 2.05) is 17.5 Å². The molecule has 1 aliphatic heterocycles. The van der Waals surface area contributed by atoms with Gasteiger partial charge in [0.1, 0.15) is 0 Å². The van der Waals surface area contributed by atoms with Gasteiger partial charge >= 0.3 is 0 Å². The second-order valence-electron chi connectivity index (χ2n) is 6.03. The lowest BCUT2D eigenvalue weighted by molar-refractivity contribution is -0.120. The molecular formula is C18H20N4O5S2. The third-order valence-electron chi connectivity index (χ3n) is 4.06. The number of carbonyl (C=O) groups excluding carboxylic acids is 2. The Balaban J connectivity index is 1.51. The number of amides is 2. The van der Waals surface area contributed by atoms with Crippen molar-refractivity contribution >= 4 is 39.4 Å². The fourth-order valence-corrected chi connectivity index (χ4v) is 4.54. The Labute approximate surface area is 172 Å². The molecule has 11 heteroatoms. The summed E-state index contributed by atoms with van der Waals surface area (Å²) in [4.78, 5) is 24.9. The Hall–Kier alpha value is -2.60. The first-order valence-corrected chi connectivity index (χ1v) is 11.1. The number of nitrogens with zero attached hydrogens (tertiary/aromatic N) is 2. The average Bonchev–Trinajstić information content (AvgIpc) is 3.26. The van der Waals surface area contributed by atoms with Crippen LogP contribution in [-0.4, -0.2) is 63.6 Å². The molecular weight excluding hydrogens is 416 g/mol. The maximum atomic E-state index is 12.6. The average molecular weight is 437 g/mol. The second kappa shape index (κ2) is 9.74. The summed E-state index contributed by atoms with van der Waals surface area (Å²) < 4.78 is 31.7. The van der Waals surface area contributed by atoms with Crippen LogP contribution in [0.3, 0.4) is 0 Å². The lowest BCUT2D eigenvalue weighted by Crippen LogP contribution is -2.40. The van der Waals surface area contributed by atoms with Crippen molar-refractivity contribution in [3.63, 3.8) is 0 Å². The molecule has 0 spiro atoms. The summed E-state index contributed by atoms with van der Waals surface area (Å²) in [5.74, 6) is -0.963. The van der Waals surface area contributed by atoms with E-state index in [2.05, 4.69) is 15.8 Å². The number of benzene rings is 1. The van der Waals surface area contributed by atoms with E-state index < -0.39 is 21.8 Å². The van der Waals surface area contributed by atoms with E-state index in [1.54, 1.807) is 0 Å². The number of hydrogen-bond donors (Lipinski definition) is 2. The van der Waals surface area contributed by atoms with Gasteiger partial charge in [-0.15, -0.1) is 11.3 Å². The van der Waals surface area contributed by atoms with Crippen LogP contribution >= 0.6 is 11.3 Å². The van der Waals surface area contributed by atoms with Crippen LogP contribution in [0.1, 0.15) is 15.2 Å². The number of sulfonamides is 1. The van der Waals surface area contributed by atoms with Crippen LogP contribution in [0.5, 0.6) is 0 Å². The molecule has 2 heterocycles. The molecule has 1 aromatic carbocycles. The highest BCUT2D eigenvalue weighted by Crippen LogP contribution is 2.17. The summed E-state index contributed by atoms with van der Waals surface area (Å²) in [5.41, 5.74) is 2.57. The summed E-state index contributed by atoms with van der Waals surface area (Å²) in [6.07, 6.45) is 1.51. The van der Waals surface area contributed by atoms with E-state index in [1.165, 1.54) is 46.1 Å². The van der Waals surface area contributed by atoms with Crippen LogP contribution in [0.2, 0.25) is 0 Å². The lowest BCUT2D eigenvalue weighted by Gasteiger charge is -2.26. The first-order chi connectivity index (χ1) is 14.0. The molecule has 0 atom stereocenters. The first-order valence-electron chi connectivity index (χ1n) is 8.78. The number of hydrazone groups is 1. The van der Waals surface area contributed by atoms with Gasteiger partial charge < -0.3 is 10.1 Å². The van der Waals surface area contributed by atoms with E-state index in [9.17, 15) is 18.0 Å². The van der Waals surface area contributed by atoms with Crippen molar-refractivity contribution in [1.29, 1.82) is 0 Å². The molecule has 2 amide bonds. The molecule has 9 nitrogen and oxygen atoms in total. The van der Waals surface area contributed by atoms with Gasteiger partial charge in [-0.05, 0) is 35.7 Å². The van der Waals surface area contributed by atoms with Crippen LogP contribution in [0.15, 0.2) is 51.8 Å². The van der Waals surface area contributed by atoms with Crippen LogP contribution in [0.4, 0.5) is 0 Å². The van der Waals surface area contributed by atoms with E-state index in [4.69, 9.17) is 4.74 Å². The maximum Gasteiger partial charge on any atom is 0.259 e. The predicted octanol–water partition coefficient (Wildman–Crippen LogP) is 0.649. The zero-order chi connectivity index (χ0) is 20.7. The molecule has 0 bridgehead atoms. The third-order valence-corrected chi connectivity index (χ3v) is 6.78. The summed E-state index contributed by atoms with van der Waals surface area (Å²) >= 11 is 1.48. The molecule has 2 N–H and O–H groups in total. The summed E-state index contributed by atoms with van der Waals surface area (Å²) in [5, 5.41) is 8.16. The highest BCUT2D eigenvalue weighted by Gasteiger charge is 2.26. The van der Waals surface area contributed by atoms with E-state index >= 15 is 0 Å². The SMILES string of the molecule is O=C(CNC(=O)c1ccc(S(=O)(=O)N2CCOCC2)cc1)N/N=C/c1cccs1. The van der Waals surface area contributed by atoms with Crippen molar-refractivity contribution < 1.29 is 22.7 Å². The normalized spacial score (nSPS) is 15.3. The molecule has 0 aliphatic carbocycles. The lowest BCUT2D eigenvalue weighted by atomic mass is 10.2. The molecule has 2 aromatic rings. The standard InChI is InChI=1S/C18H20N4O5S2/c23-17(21-20-12-15-2-1-11-28-15)13-19-18(24)14-3-5-16(6-4-14)29(25,26)22-7-9-27-10-8-22/h1-6,11-12H,7-10,13H2,(H,19,24)(H,21,23)/b20-12+. The smallest absolute Gasteiger partial charge is 0.259 e. The Bertz CT molecular complexity index is 966. The third kappa shape index (κ3) is 5.70. The van der Waals surface area contributed by atoms with Crippen LogP contribution in [0, 0.1) is 0 Å². The molecule has 1 aromatic heterocycles. The molecule has 0 radical (unpaired) electrons. The van der Waals surface area contributed by atoms with Gasteiger partial charge in [-0.1, -0.05) is 6.07 Å². The number of morpholine rings is 1. The van der Waals surface area contributed by atoms with Gasteiger partial charge in [0.2, 0.25) is 10.0 Å². The molecule has 29 heavy (non-hydrogen) atoms. The Morgan fingerprint density at radius 2 is 1.90 bits per heavy atom. The quantitative estimate of drug-likeness (QED) is 0.488. The molecule has 0 saturated carbocycles. The Kier molecular flexibility index (Phi) is 7.09. The summed E-state index contributed by atoms with van der Waals surface area (Å²) in [6.45, 7) is 1.07. The van der Waals surface area contributed by atoms with Crippen molar-refractivity contribution in [3.05, 3.63) is 52.2 Å². The van der Waals surface area contributed by atoms with Crippen molar-refractivity contribution in [3.8, 4) is 0 Å². The zero-order valence-electron chi connectivity index (χ0n) is 15.4. The number of carbonyl (C=O) groups is 2. The Morgan fingerprint density at radius 3 is 2.55 bits per heavy atom. The van der Waals surface area contributed by atoms with E-state index in [-0.39, 0.29) is 17.0 Å². The number of nitrogens with one attached hydrogen (secondary N) is 2. The highest BCUT2D eigenvalue weighted by atomic mass is 32.2. The monoisotopic (exact) mass is 436 g/mol. The molecule has 1 saturated heterocycles. The van der Waals surface area contributed by atoms with Crippen molar-refractivity contribution in [1.82, 2.24) is 15.0 Å². The van der Waals surface area contributed by atoms with Gasteiger partial charge in [-0.25, -0.2) is 13.8 Å². The topological polar surface area (TPSA) is 117 Å². The first kappa shape index (κ1) is 21.1. The van der Waals surface area contributed by atoms with Crippen LogP contribution in [-0.2, 0) is 19.6 Å². The number of rotatable bonds is 7. The second-order valence-corrected chi connectivity index (χ2v) is 8.95. The minimum absolute atomic E-state index is 0.108. The number of ether oxygens (including phenoxy) is 1. The fourth-order valence-electron chi connectivity index (χ4n) is 2.55. The largest absolute Gasteiger partial charge is 0.379 e. The van der Waals surface area contributed by atoms with Gasteiger partial charge in [0.15, 0.2) is 0 Å². The summed E-state index contributed by atoms with van der Waals surface area (Å²) in [7, 11) is -3.62. The van der Waals surface area contributed by atoms with Gasteiger partial charge in [0, 0.05) is 23.5 Å². The number of hydrogen-bond acceptors (Lipinski definition) is 7. The molecule has 1 aliphatic rings. The van der Waals surface area contributed by atoms with E-state index in [0.717, 1.165) is 4.88 Å². The maximum absolute atomic E-state index is 12.6. The minimum atomic E-state index is -3.62. The van der Waals surface area contributed by atoms with Gasteiger partial charge in [-0.2, -0.15) is 9.41 Å².